The van der Waals surface area contributed by atoms with Crippen molar-refractivity contribution in [2.24, 2.45) is 35.5 Å². The molecule has 5 aliphatic rings. The van der Waals surface area contributed by atoms with Gasteiger partial charge in [-0.1, -0.05) is 24.3 Å². The van der Waals surface area contributed by atoms with Gasteiger partial charge >= 0.3 is 0 Å². The molecule has 0 aromatic heterocycles. The van der Waals surface area contributed by atoms with E-state index in [1.54, 1.807) is 24.3 Å². The van der Waals surface area contributed by atoms with Crippen LogP contribution in [0.25, 0.3) is 0 Å². The Hall–Kier alpha value is -3.21. The average molecular weight is 412 g/mol. The van der Waals surface area contributed by atoms with Crippen LogP contribution in [0.15, 0.2) is 54.6 Å². The van der Waals surface area contributed by atoms with E-state index in [1.165, 1.54) is 4.90 Å². The predicted octanol–water partition coefficient (Wildman–Crippen LogP) is 4.11. The maximum Gasteiger partial charge on any atom is 0.255 e. The number of anilines is 2. The van der Waals surface area contributed by atoms with Gasteiger partial charge in [0.15, 0.2) is 0 Å². The summed E-state index contributed by atoms with van der Waals surface area (Å²) in [5, 5.41) is 2.95. The molecule has 1 saturated heterocycles. The van der Waals surface area contributed by atoms with Gasteiger partial charge in [-0.25, -0.2) is 0 Å². The molecule has 0 spiro atoms. The van der Waals surface area contributed by atoms with E-state index in [0.717, 1.165) is 23.2 Å². The van der Waals surface area contributed by atoms with Gasteiger partial charge in [0, 0.05) is 11.3 Å². The minimum atomic E-state index is -0.213. The van der Waals surface area contributed by atoms with Crippen molar-refractivity contribution in [1.29, 1.82) is 0 Å². The quantitative estimate of drug-likeness (QED) is 0.609. The zero-order valence-electron chi connectivity index (χ0n) is 17.5. The summed E-state index contributed by atoms with van der Waals surface area (Å²) < 4.78 is 0. The first-order chi connectivity index (χ1) is 15.0. The Morgan fingerprint density at radius 3 is 2.13 bits per heavy atom. The highest BCUT2D eigenvalue weighted by atomic mass is 16.2. The summed E-state index contributed by atoms with van der Waals surface area (Å²) in [6.45, 7) is 3.98. The van der Waals surface area contributed by atoms with Gasteiger partial charge in [0.2, 0.25) is 11.8 Å². The van der Waals surface area contributed by atoms with E-state index in [1.807, 2.05) is 32.0 Å². The molecule has 0 radical (unpaired) electrons. The monoisotopic (exact) mass is 412 g/mol. The number of imide groups is 1. The largest absolute Gasteiger partial charge is 0.322 e. The first-order valence-corrected chi connectivity index (χ1v) is 11.0. The van der Waals surface area contributed by atoms with Crippen molar-refractivity contribution in [1.82, 2.24) is 0 Å². The van der Waals surface area contributed by atoms with Gasteiger partial charge in [0.05, 0.1) is 17.5 Å². The summed E-state index contributed by atoms with van der Waals surface area (Å²) in [4.78, 5) is 40.5. The molecule has 4 aliphatic carbocycles. The van der Waals surface area contributed by atoms with E-state index in [9.17, 15) is 14.4 Å². The topological polar surface area (TPSA) is 66.5 Å². The Kier molecular flexibility index (Phi) is 3.83. The van der Waals surface area contributed by atoms with Crippen molar-refractivity contribution in [2.45, 2.75) is 20.3 Å². The number of aryl methyl sites for hydroxylation is 1. The number of nitrogens with zero attached hydrogens (tertiary/aromatic N) is 1. The molecule has 1 aliphatic heterocycles. The van der Waals surface area contributed by atoms with Crippen molar-refractivity contribution < 1.29 is 14.4 Å². The molecular weight excluding hydrogens is 388 g/mol. The Bertz CT molecular complexity index is 1130. The molecule has 2 aromatic carbocycles. The smallest absolute Gasteiger partial charge is 0.255 e. The van der Waals surface area contributed by atoms with Crippen LogP contribution in [0, 0.1) is 49.4 Å². The van der Waals surface area contributed by atoms with E-state index in [4.69, 9.17) is 0 Å². The molecule has 1 N–H and O–H groups in total. The lowest BCUT2D eigenvalue weighted by Gasteiger charge is -2.37. The third-order valence-corrected chi connectivity index (χ3v) is 7.90. The van der Waals surface area contributed by atoms with Crippen molar-refractivity contribution in [3.8, 4) is 0 Å². The standard InChI is InChI=1S/C26H24N2O3/c1-13-4-3-5-21(14(13)2)27-24(29)15-6-8-16(9-7-15)28-25(30)22-17-10-11-18(20-12-19(17)20)23(22)26(28)31/h3-11,17-20,22-23H,12H2,1-2H3,(H,27,29)/t17-,18-,19-,20+,22+,23+/m0/s1. The zero-order chi connectivity index (χ0) is 21.4. The third kappa shape index (κ3) is 2.59. The van der Waals surface area contributed by atoms with Crippen molar-refractivity contribution in [3.05, 3.63) is 71.3 Å². The molecule has 3 fully saturated rings. The number of carbonyl (C=O) groups excluding carboxylic acids is 3. The van der Waals surface area contributed by atoms with Crippen molar-refractivity contribution in [2.75, 3.05) is 10.2 Å². The summed E-state index contributed by atoms with van der Waals surface area (Å²) in [5.41, 5.74) is 3.97. The highest BCUT2D eigenvalue weighted by Crippen LogP contribution is 2.65. The molecule has 1 heterocycles. The molecule has 2 aromatic rings. The molecule has 5 nitrogen and oxygen atoms in total. The number of carbonyl (C=O) groups is 3. The van der Waals surface area contributed by atoms with Crippen LogP contribution < -0.4 is 10.2 Å². The van der Waals surface area contributed by atoms with E-state index in [2.05, 4.69) is 17.5 Å². The summed E-state index contributed by atoms with van der Waals surface area (Å²) in [7, 11) is 0. The fourth-order valence-corrected chi connectivity index (χ4v) is 6.05. The molecule has 6 atom stereocenters. The molecule has 156 valence electrons. The zero-order valence-corrected chi connectivity index (χ0v) is 17.5. The van der Waals surface area contributed by atoms with Crippen LogP contribution >= 0.6 is 0 Å². The number of rotatable bonds is 3. The number of amides is 3. The number of allylic oxidation sites excluding steroid dienone is 2. The van der Waals surface area contributed by atoms with Crippen LogP contribution in [0.1, 0.15) is 27.9 Å². The van der Waals surface area contributed by atoms with Crippen LogP contribution in [-0.2, 0) is 9.59 Å². The predicted molar refractivity (Wildman–Crippen MR) is 118 cm³/mol. The van der Waals surface area contributed by atoms with Crippen LogP contribution in [0.3, 0.4) is 0 Å². The molecular formula is C26H24N2O3. The first kappa shape index (κ1) is 18.6. The van der Waals surface area contributed by atoms with Gasteiger partial charge in [0.25, 0.3) is 5.91 Å². The minimum absolute atomic E-state index is 0.0766. The molecule has 3 amide bonds. The highest BCUT2D eigenvalue weighted by Gasteiger charge is 2.67. The Morgan fingerprint density at radius 2 is 1.52 bits per heavy atom. The first-order valence-electron chi connectivity index (χ1n) is 11.0. The van der Waals surface area contributed by atoms with Crippen LogP contribution in [0.5, 0.6) is 0 Å². The van der Waals surface area contributed by atoms with Gasteiger partial charge < -0.3 is 5.32 Å². The molecule has 7 rings (SSSR count). The maximum absolute atomic E-state index is 13.2. The van der Waals surface area contributed by atoms with Crippen LogP contribution in [0.2, 0.25) is 0 Å². The summed E-state index contributed by atoms with van der Waals surface area (Å²) in [6.07, 6.45) is 5.50. The second-order valence-corrected chi connectivity index (χ2v) is 9.41. The second-order valence-electron chi connectivity index (χ2n) is 9.41. The van der Waals surface area contributed by atoms with Gasteiger partial charge in [-0.15, -0.1) is 0 Å². The number of hydrogen-bond donors (Lipinski definition) is 1. The number of benzene rings is 2. The lowest BCUT2D eigenvalue weighted by Crippen LogP contribution is -2.40. The molecule has 2 bridgehead atoms. The normalized spacial score (nSPS) is 32.1. The third-order valence-electron chi connectivity index (χ3n) is 7.90. The van der Waals surface area contributed by atoms with Gasteiger partial charge in [-0.2, -0.15) is 0 Å². The van der Waals surface area contributed by atoms with Gasteiger partial charge in [-0.3, -0.25) is 19.3 Å². The van der Waals surface area contributed by atoms with E-state index >= 15 is 0 Å². The van der Waals surface area contributed by atoms with Gasteiger partial charge in [0.1, 0.15) is 0 Å². The summed E-state index contributed by atoms with van der Waals surface area (Å²) >= 11 is 0. The molecule has 0 unspecified atom stereocenters. The van der Waals surface area contributed by atoms with E-state index in [-0.39, 0.29) is 41.4 Å². The Morgan fingerprint density at radius 1 is 0.903 bits per heavy atom. The molecule has 5 heteroatoms. The van der Waals surface area contributed by atoms with Crippen molar-refractivity contribution >= 4 is 29.1 Å². The maximum atomic E-state index is 13.2. The Balaban J connectivity index is 1.24. The summed E-state index contributed by atoms with van der Waals surface area (Å²) in [5.74, 6) is 0.813. The van der Waals surface area contributed by atoms with Crippen LogP contribution in [-0.4, -0.2) is 17.7 Å². The number of hydrogen-bond acceptors (Lipinski definition) is 3. The van der Waals surface area contributed by atoms with Crippen LogP contribution in [0.4, 0.5) is 11.4 Å². The Labute approximate surface area is 181 Å². The second kappa shape index (κ2) is 6.39. The minimum Gasteiger partial charge on any atom is -0.322 e. The summed E-state index contributed by atoms with van der Waals surface area (Å²) in [6, 6.07) is 12.6. The average Bonchev–Trinajstić information content (AvgIpc) is 3.55. The SMILES string of the molecule is Cc1cccc(NC(=O)c2ccc(N3C(=O)[C@@H]4[C@H]5C=C[C@@H]([C@@H]6C[C@H]56)[C@H]4C3=O)cc2)c1C. The highest BCUT2D eigenvalue weighted by molar-refractivity contribution is 6.22. The lowest BCUT2D eigenvalue weighted by atomic mass is 9.63. The lowest BCUT2D eigenvalue weighted by molar-refractivity contribution is -0.124. The van der Waals surface area contributed by atoms with Crippen molar-refractivity contribution in [3.63, 3.8) is 0 Å². The number of nitrogens with one attached hydrogen (secondary N) is 1. The van der Waals surface area contributed by atoms with Gasteiger partial charge in [-0.05, 0) is 85.4 Å². The van der Waals surface area contributed by atoms with E-state index < -0.39 is 0 Å². The molecule has 2 saturated carbocycles. The fraction of sp³-hybridized carbons (Fsp3) is 0.346. The van der Waals surface area contributed by atoms with E-state index in [0.29, 0.717) is 23.1 Å². The fourth-order valence-electron chi connectivity index (χ4n) is 6.05. The molecule has 31 heavy (non-hydrogen) atoms.